The number of hydrogen-bond acceptors (Lipinski definition) is 6. The lowest BCUT2D eigenvalue weighted by Crippen LogP contribution is -3.00. The van der Waals surface area contributed by atoms with E-state index in [1.165, 1.54) is 6.33 Å². The lowest BCUT2D eigenvalue weighted by Gasteiger charge is -2.15. The van der Waals surface area contributed by atoms with Crippen LogP contribution in [-0.4, -0.2) is 36.6 Å². The van der Waals surface area contributed by atoms with Crippen LogP contribution in [0.1, 0.15) is 23.2 Å². The summed E-state index contributed by atoms with van der Waals surface area (Å²) in [6, 6.07) is 16.7. The molecule has 3 aromatic heterocycles. The normalized spacial score (nSPS) is 11.0. The topological polar surface area (TPSA) is 97.5 Å². The van der Waals surface area contributed by atoms with Crippen LogP contribution in [-0.2, 0) is 6.42 Å². The molecule has 0 spiro atoms. The van der Waals surface area contributed by atoms with Crippen molar-refractivity contribution in [2.75, 3.05) is 5.32 Å². The number of para-hydroxylation sites is 2. The molecule has 0 amide bonds. The van der Waals surface area contributed by atoms with Gasteiger partial charge in [-0.05, 0) is 34.2 Å². The standard InChI is InChI=1S/C22H18F2N7O.4ClH/c23-22(24)21(15-7-3-4-11-25-15)27-16-8-5-10-18-20(16)28-19(32-18)12-14-6-1-2-9-17(14)31-13-26-29-30-31;;;;/h1-11,13,21-22,25,27H,12H2;4*1H/q+1;;;;/p-1. The molecule has 0 bridgehead atoms. The smallest absolute Gasteiger partial charge is 0.275 e. The third-order valence-electron chi connectivity index (χ3n) is 5.02. The molecule has 14 heteroatoms. The maximum Gasteiger partial charge on any atom is 0.275 e. The molecule has 0 aliphatic rings. The molecule has 0 aliphatic carbocycles. The number of hydrogen-bond donors (Lipinski definition) is 2. The number of nitrogens with zero attached hydrogens (tertiary/aromatic N) is 5. The number of oxazole rings is 1. The molecule has 0 saturated heterocycles. The Morgan fingerprint density at radius 3 is 2.53 bits per heavy atom. The number of benzene rings is 2. The van der Waals surface area contributed by atoms with Gasteiger partial charge < -0.3 is 22.1 Å². The Bertz CT molecular complexity index is 1340. The van der Waals surface area contributed by atoms with E-state index in [1.807, 2.05) is 24.3 Å². The fourth-order valence-electron chi connectivity index (χ4n) is 3.55. The molecule has 36 heavy (non-hydrogen) atoms. The van der Waals surface area contributed by atoms with Gasteiger partial charge in [0.15, 0.2) is 17.5 Å². The molecule has 5 rings (SSSR count). The highest BCUT2D eigenvalue weighted by Crippen LogP contribution is 2.30. The van der Waals surface area contributed by atoms with Gasteiger partial charge in [-0.15, -0.1) is 42.3 Å². The highest BCUT2D eigenvalue weighted by molar-refractivity contribution is 5.87. The first kappa shape index (κ1) is 31.0. The van der Waals surface area contributed by atoms with Crippen molar-refractivity contribution in [2.24, 2.45) is 0 Å². The summed E-state index contributed by atoms with van der Waals surface area (Å²) in [5, 5.41) is 14.2. The molecular weight excluding hydrogens is 558 g/mol. The Morgan fingerprint density at radius 2 is 1.83 bits per heavy atom. The van der Waals surface area contributed by atoms with Crippen LogP contribution in [0.15, 0.2) is 77.6 Å². The fraction of sp³-hybridized carbons (Fsp3) is 0.136. The second-order valence-electron chi connectivity index (χ2n) is 7.09. The molecule has 1 unspecified atom stereocenters. The van der Waals surface area contributed by atoms with Crippen LogP contribution in [0.2, 0.25) is 0 Å². The van der Waals surface area contributed by atoms with Crippen LogP contribution >= 0.6 is 37.2 Å². The number of fused-ring (bicyclic) bond motifs is 1. The van der Waals surface area contributed by atoms with E-state index in [9.17, 15) is 8.78 Å². The minimum atomic E-state index is -2.63. The summed E-state index contributed by atoms with van der Waals surface area (Å²) in [6.07, 6.45) is 0.884. The number of aromatic nitrogens is 6. The summed E-state index contributed by atoms with van der Waals surface area (Å²) < 4.78 is 35.1. The predicted octanol–water partition coefficient (Wildman–Crippen LogP) is 2.69. The largest absolute Gasteiger partial charge is 1.00 e. The zero-order chi connectivity index (χ0) is 21.9. The number of H-pyrrole nitrogens is 1. The zero-order valence-corrected chi connectivity index (χ0v) is 21.5. The van der Waals surface area contributed by atoms with E-state index in [0.717, 1.165) is 11.3 Å². The molecule has 0 aliphatic heterocycles. The van der Waals surface area contributed by atoms with Crippen molar-refractivity contribution in [1.29, 1.82) is 0 Å². The van der Waals surface area contributed by atoms with E-state index >= 15 is 0 Å². The molecule has 192 valence electrons. The molecule has 8 nitrogen and oxygen atoms in total. The minimum Gasteiger partial charge on any atom is -1.00 e. The Morgan fingerprint density at radius 1 is 1.03 bits per heavy atom. The van der Waals surface area contributed by atoms with Gasteiger partial charge in [0.25, 0.3) is 6.43 Å². The summed E-state index contributed by atoms with van der Waals surface area (Å²) in [5.41, 5.74) is 3.55. The van der Waals surface area contributed by atoms with Gasteiger partial charge in [0.2, 0.25) is 0 Å². The SMILES string of the molecule is Cl.Cl.Cl.FC(F)C(Nc1cccc2oc(Cc3ccccc3-n3cnnn3)nc12)[c+]1cccc[nH]1.[Cl-]. The number of alkyl halides is 2. The quantitative estimate of drug-likeness (QED) is 0.288. The maximum absolute atomic E-state index is 13.8. The summed E-state index contributed by atoms with van der Waals surface area (Å²) in [7, 11) is 0. The molecule has 5 aromatic rings. The van der Waals surface area contributed by atoms with Gasteiger partial charge in [-0.3, -0.25) is 4.98 Å². The Labute approximate surface area is 229 Å². The van der Waals surface area contributed by atoms with Crippen LogP contribution in [0, 0.1) is 0 Å². The van der Waals surface area contributed by atoms with Crippen molar-refractivity contribution in [2.45, 2.75) is 18.9 Å². The first-order valence-electron chi connectivity index (χ1n) is 9.90. The molecular formula is C22H21Cl4F2N7O. The average Bonchev–Trinajstić information content (AvgIpc) is 3.48. The van der Waals surface area contributed by atoms with Gasteiger partial charge in [-0.25, -0.2) is 18.4 Å². The van der Waals surface area contributed by atoms with Crippen LogP contribution in [0.5, 0.6) is 0 Å². The molecule has 0 fully saturated rings. The number of rotatable bonds is 7. The average molecular weight is 579 g/mol. The maximum atomic E-state index is 13.8. The summed E-state index contributed by atoms with van der Waals surface area (Å²) in [4.78, 5) is 7.46. The fourth-order valence-corrected chi connectivity index (χ4v) is 3.55. The third-order valence-corrected chi connectivity index (χ3v) is 5.02. The lowest BCUT2D eigenvalue weighted by molar-refractivity contribution is -0.0000119. The van der Waals surface area contributed by atoms with Crippen molar-refractivity contribution in [1.82, 2.24) is 30.2 Å². The van der Waals surface area contributed by atoms with E-state index in [0.29, 0.717) is 34.8 Å². The highest BCUT2D eigenvalue weighted by atomic mass is 35.5. The number of pyridine rings is 1. The van der Waals surface area contributed by atoms with Crippen LogP contribution < -0.4 is 17.7 Å². The molecule has 2 N–H and O–H groups in total. The van der Waals surface area contributed by atoms with Crippen molar-refractivity contribution in [3.8, 4) is 5.69 Å². The van der Waals surface area contributed by atoms with Gasteiger partial charge in [0.1, 0.15) is 23.7 Å². The molecule has 0 radical (unpaired) electrons. The zero-order valence-electron chi connectivity index (χ0n) is 18.3. The predicted molar refractivity (Wildman–Crippen MR) is 135 cm³/mol. The number of anilines is 1. The number of tetrazole rings is 1. The third kappa shape index (κ3) is 6.58. The van der Waals surface area contributed by atoms with Gasteiger partial charge in [0.05, 0.1) is 29.9 Å². The van der Waals surface area contributed by atoms with Crippen LogP contribution in [0.25, 0.3) is 16.8 Å². The highest BCUT2D eigenvalue weighted by Gasteiger charge is 2.28. The van der Waals surface area contributed by atoms with Gasteiger partial charge in [0, 0.05) is 6.07 Å². The number of nitrogens with one attached hydrogen (secondary N) is 2. The van der Waals surface area contributed by atoms with E-state index in [2.05, 4.69) is 30.8 Å². The molecule has 1 atom stereocenters. The van der Waals surface area contributed by atoms with E-state index < -0.39 is 12.5 Å². The van der Waals surface area contributed by atoms with E-state index in [1.54, 1.807) is 47.3 Å². The molecule has 2 aromatic carbocycles. The number of halogens is 6. The van der Waals surface area contributed by atoms with Crippen molar-refractivity contribution in [3.05, 3.63) is 90.3 Å². The summed E-state index contributed by atoms with van der Waals surface area (Å²) in [6.45, 7) is 0. The lowest BCUT2D eigenvalue weighted by atomic mass is 10.1. The van der Waals surface area contributed by atoms with E-state index in [-0.39, 0.29) is 49.6 Å². The molecule has 0 saturated carbocycles. The summed E-state index contributed by atoms with van der Waals surface area (Å²) in [5.74, 6) is 0.453. The van der Waals surface area contributed by atoms with Crippen molar-refractivity contribution < 1.29 is 25.6 Å². The Balaban J connectivity index is 0.00000162. The van der Waals surface area contributed by atoms with Gasteiger partial charge >= 0.3 is 0 Å². The molecule has 3 heterocycles. The Hall–Kier alpha value is -3.05. The van der Waals surface area contributed by atoms with Gasteiger partial charge in [-0.2, -0.15) is 0 Å². The second kappa shape index (κ2) is 13.9. The van der Waals surface area contributed by atoms with Crippen molar-refractivity contribution >= 4 is 54.0 Å². The van der Waals surface area contributed by atoms with Crippen LogP contribution in [0.4, 0.5) is 14.5 Å². The van der Waals surface area contributed by atoms with E-state index in [4.69, 9.17) is 4.42 Å². The number of aromatic amines is 1. The summed E-state index contributed by atoms with van der Waals surface area (Å²) >= 11 is 0. The monoisotopic (exact) mass is 577 g/mol. The van der Waals surface area contributed by atoms with Crippen LogP contribution in [0.3, 0.4) is 0 Å². The second-order valence-corrected chi connectivity index (χ2v) is 7.09. The first-order chi connectivity index (χ1) is 15.7. The Kier molecular flexibility index (Phi) is 11.9. The van der Waals surface area contributed by atoms with Crippen molar-refractivity contribution in [3.63, 3.8) is 0 Å². The minimum absolute atomic E-state index is 0. The first-order valence-corrected chi connectivity index (χ1v) is 9.90. The van der Waals surface area contributed by atoms with Gasteiger partial charge in [-0.1, -0.05) is 24.3 Å².